The van der Waals surface area contributed by atoms with Crippen molar-refractivity contribution in [3.05, 3.63) is 34.9 Å². The molecule has 1 aromatic rings. The van der Waals surface area contributed by atoms with Crippen LogP contribution in [0.1, 0.15) is 36.5 Å². The van der Waals surface area contributed by atoms with Gasteiger partial charge in [0.2, 0.25) is 0 Å². The average molecular weight is 246 g/mol. The summed E-state index contributed by atoms with van der Waals surface area (Å²) < 4.78 is 0. The number of piperidine rings is 1. The molecule has 18 heavy (non-hydrogen) atoms. The van der Waals surface area contributed by atoms with Gasteiger partial charge in [-0.05, 0) is 56.5 Å². The number of hydrogen-bond acceptors (Lipinski definition) is 2. The molecule has 1 aliphatic heterocycles. The maximum absolute atomic E-state index is 3.71. The van der Waals surface area contributed by atoms with E-state index in [0.29, 0.717) is 6.04 Å². The standard InChI is InChI=1S/C16H26N2/c1-4-18-9-5-6-16(12-18)17-11-15-8-7-13(2)14(3)10-15/h7-8,10,16-17H,4-6,9,11-12H2,1-3H3. The fourth-order valence-corrected chi connectivity index (χ4v) is 2.69. The number of nitrogens with zero attached hydrogens (tertiary/aromatic N) is 1. The highest BCUT2D eigenvalue weighted by Crippen LogP contribution is 2.12. The largest absolute Gasteiger partial charge is 0.309 e. The summed E-state index contributed by atoms with van der Waals surface area (Å²) in [4.78, 5) is 2.54. The Bertz CT molecular complexity index is 387. The van der Waals surface area contributed by atoms with Crippen LogP contribution < -0.4 is 5.32 Å². The summed E-state index contributed by atoms with van der Waals surface area (Å²) in [5.41, 5.74) is 4.19. The Morgan fingerprint density at radius 3 is 2.83 bits per heavy atom. The summed E-state index contributed by atoms with van der Waals surface area (Å²) in [7, 11) is 0. The van der Waals surface area contributed by atoms with Gasteiger partial charge in [0, 0.05) is 19.1 Å². The van der Waals surface area contributed by atoms with Crippen LogP contribution in [0.4, 0.5) is 0 Å². The van der Waals surface area contributed by atoms with E-state index in [2.05, 4.69) is 49.2 Å². The van der Waals surface area contributed by atoms with Crippen molar-refractivity contribution >= 4 is 0 Å². The molecule has 1 aromatic carbocycles. The molecule has 0 bridgehead atoms. The number of likely N-dealkylation sites (N-methyl/N-ethyl adjacent to an activating group) is 1. The highest BCUT2D eigenvalue weighted by Gasteiger charge is 2.17. The minimum absolute atomic E-state index is 0.667. The second kappa shape index (κ2) is 6.35. The first-order valence-corrected chi connectivity index (χ1v) is 7.21. The van der Waals surface area contributed by atoms with Gasteiger partial charge in [-0.2, -0.15) is 0 Å². The van der Waals surface area contributed by atoms with Gasteiger partial charge in [-0.15, -0.1) is 0 Å². The lowest BCUT2D eigenvalue weighted by molar-refractivity contribution is 0.198. The SMILES string of the molecule is CCN1CCCC(NCc2ccc(C)c(C)c2)C1. The maximum Gasteiger partial charge on any atom is 0.0208 e. The molecule has 0 saturated carbocycles. The van der Waals surface area contributed by atoms with Gasteiger partial charge in [0.25, 0.3) is 0 Å². The normalized spacial score (nSPS) is 21.2. The minimum Gasteiger partial charge on any atom is -0.309 e. The number of hydrogen-bond donors (Lipinski definition) is 1. The number of likely N-dealkylation sites (tertiary alicyclic amines) is 1. The van der Waals surface area contributed by atoms with Crippen LogP contribution in [0.5, 0.6) is 0 Å². The Hall–Kier alpha value is -0.860. The van der Waals surface area contributed by atoms with Gasteiger partial charge in [-0.1, -0.05) is 25.1 Å². The van der Waals surface area contributed by atoms with Crippen LogP contribution in [0, 0.1) is 13.8 Å². The lowest BCUT2D eigenvalue weighted by atomic mass is 10.0. The van der Waals surface area contributed by atoms with Crippen molar-refractivity contribution in [2.45, 2.75) is 46.2 Å². The number of rotatable bonds is 4. The summed E-state index contributed by atoms with van der Waals surface area (Å²) in [5.74, 6) is 0. The molecule has 0 aromatic heterocycles. The van der Waals surface area contributed by atoms with Gasteiger partial charge in [0.15, 0.2) is 0 Å². The van der Waals surface area contributed by atoms with E-state index in [4.69, 9.17) is 0 Å². The molecule has 0 aliphatic carbocycles. The molecule has 1 unspecified atom stereocenters. The Balaban J connectivity index is 1.85. The third-order valence-electron chi connectivity index (χ3n) is 4.12. The third kappa shape index (κ3) is 3.56. The van der Waals surface area contributed by atoms with Crippen molar-refractivity contribution in [3.8, 4) is 0 Å². The highest BCUT2D eigenvalue weighted by atomic mass is 15.2. The van der Waals surface area contributed by atoms with E-state index in [1.165, 1.54) is 49.2 Å². The molecule has 1 aliphatic rings. The molecule has 1 fully saturated rings. The van der Waals surface area contributed by atoms with Gasteiger partial charge in [-0.25, -0.2) is 0 Å². The van der Waals surface area contributed by atoms with Crippen molar-refractivity contribution in [3.63, 3.8) is 0 Å². The van der Waals surface area contributed by atoms with Crippen LogP contribution in [0.3, 0.4) is 0 Å². The lowest BCUT2D eigenvalue weighted by Crippen LogP contribution is -2.45. The van der Waals surface area contributed by atoms with Crippen molar-refractivity contribution < 1.29 is 0 Å². The Morgan fingerprint density at radius 2 is 2.11 bits per heavy atom. The zero-order valence-electron chi connectivity index (χ0n) is 12.0. The zero-order valence-corrected chi connectivity index (χ0v) is 12.0. The second-order valence-electron chi connectivity index (χ2n) is 5.53. The van der Waals surface area contributed by atoms with E-state index < -0.39 is 0 Å². The molecule has 1 saturated heterocycles. The smallest absolute Gasteiger partial charge is 0.0208 e. The minimum atomic E-state index is 0.667. The van der Waals surface area contributed by atoms with Crippen LogP contribution in [0.25, 0.3) is 0 Å². The first kappa shape index (κ1) is 13.6. The van der Waals surface area contributed by atoms with Crippen LogP contribution in [0.2, 0.25) is 0 Å². The topological polar surface area (TPSA) is 15.3 Å². The summed E-state index contributed by atoms with van der Waals surface area (Å²) in [6, 6.07) is 7.45. The van der Waals surface area contributed by atoms with Gasteiger partial charge < -0.3 is 10.2 Å². The molecule has 0 radical (unpaired) electrons. The van der Waals surface area contributed by atoms with Crippen LogP contribution >= 0.6 is 0 Å². The molecular weight excluding hydrogens is 220 g/mol. The summed E-state index contributed by atoms with van der Waals surface area (Å²) in [6.07, 6.45) is 2.65. The van der Waals surface area contributed by atoms with E-state index in [-0.39, 0.29) is 0 Å². The van der Waals surface area contributed by atoms with Crippen molar-refractivity contribution in [1.82, 2.24) is 10.2 Å². The Morgan fingerprint density at radius 1 is 1.28 bits per heavy atom. The quantitative estimate of drug-likeness (QED) is 0.879. The van der Waals surface area contributed by atoms with E-state index in [1.807, 2.05) is 0 Å². The fraction of sp³-hybridized carbons (Fsp3) is 0.625. The molecule has 1 atom stereocenters. The van der Waals surface area contributed by atoms with Crippen LogP contribution in [-0.2, 0) is 6.54 Å². The second-order valence-corrected chi connectivity index (χ2v) is 5.53. The molecular formula is C16H26N2. The van der Waals surface area contributed by atoms with Crippen molar-refractivity contribution in [2.24, 2.45) is 0 Å². The lowest BCUT2D eigenvalue weighted by Gasteiger charge is -2.32. The first-order valence-electron chi connectivity index (χ1n) is 7.21. The van der Waals surface area contributed by atoms with Gasteiger partial charge in [0.05, 0.1) is 0 Å². The molecule has 1 heterocycles. The Labute approximate surface area is 111 Å². The summed E-state index contributed by atoms with van der Waals surface area (Å²) in [6.45, 7) is 11.3. The van der Waals surface area contributed by atoms with Gasteiger partial charge >= 0.3 is 0 Å². The van der Waals surface area contributed by atoms with Crippen molar-refractivity contribution in [2.75, 3.05) is 19.6 Å². The van der Waals surface area contributed by atoms with Gasteiger partial charge in [0.1, 0.15) is 0 Å². The molecule has 1 N–H and O–H groups in total. The fourth-order valence-electron chi connectivity index (χ4n) is 2.69. The highest BCUT2D eigenvalue weighted by molar-refractivity contribution is 5.29. The molecule has 2 rings (SSSR count). The zero-order chi connectivity index (χ0) is 13.0. The molecule has 0 spiro atoms. The van der Waals surface area contributed by atoms with E-state index in [1.54, 1.807) is 0 Å². The molecule has 2 nitrogen and oxygen atoms in total. The number of benzene rings is 1. The molecule has 2 heteroatoms. The predicted octanol–water partition coefficient (Wildman–Crippen LogP) is 2.88. The van der Waals surface area contributed by atoms with Crippen LogP contribution in [0.15, 0.2) is 18.2 Å². The number of nitrogens with one attached hydrogen (secondary N) is 1. The number of aryl methyl sites for hydroxylation is 2. The predicted molar refractivity (Wildman–Crippen MR) is 77.9 cm³/mol. The van der Waals surface area contributed by atoms with Crippen LogP contribution in [-0.4, -0.2) is 30.6 Å². The summed E-state index contributed by atoms with van der Waals surface area (Å²) >= 11 is 0. The monoisotopic (exact) mass is 246 g/mol. The molecule has 100 valence electrons. The average Bonchev–Trinajstić information content (AvgIpc) is 2.40. The van der Waals surface area contributed by atoms with Gasteiger partial charge in [-0.3, -0.25) is 0 Å². The third-order valence-corrected chi connectivity index (χ3v) is 4.12. The van der Waals surface area contributed by atoms with E-state index in [0.717, 1.165) is 6.54 Å². The molecule has 0 amide bonds. The summed E-state index contributed by atoms with van der Waals surface area (Å²) in [5, 5.41) is 3.71. The Kier molecular flexibility index (Phi) is 4.79. The first-order chi connectivity index (χ1) is 8.69. The maximum atomic E-state index is 3.71. The van der Waals surface area contributed by atoms with E-state index in [9.17, 15) is 0 Å². The van der Waals surface area contributed by atoms with Crippen molar-refractivity contribution in [1.29, 1.82) is 0 Å². The van der Waals surface area contributed by atoms with E-state index >= 15 is 0 Å².